The first-order valence-electron chi connectivity index (χ1n) is 11.0. The number of pyridine rings is 1. The van der Waals surface area contributed by atoms with E-state index in [-0.39, 0.29) is 35.2 Å². The van der Waals surface area contributed by atoms with E-state index in [0.29, 0.717) is 23.2 Å². The summed E-state index contributed by atoms with van der Waals surface area (Å²) in [5.41, 5.74) is 2.07. The number of amidine groups is 1. The Morgan fingerprint density at radius 3 is 2.76 bits per heavy atom. The first-order valence-corrected chi connectivity index (χ1v) is 13.8. The Labute approximate surface area is 221 Å². The molecule has 5 rings (SSSR count). The summed E-state index contributed by atoms with van der Waals surface area (Å²) in [5.74, 6) is -2.20. The fourth-order valence-electron chi connectivity index (χ4n) is 4.28. The van der Waals surface area contributed by atoms with Gasteiger partial charge < -0.3 is 9.64 Å². The van der Waals surface area contributed by atoms with Crippen molar-refractivity contribution in [2.45, 2.75) is 13.1 Å². The first kappa shape index (κ1) is 25.1. The van der Waals surface area contributed by atoms with Crippen LogP contribution < -0.4 is 9.80 Å². The number of halogens is 1. The molecule has 2 aliphatic rings. The fraction of sp³-hybridized carbons (Fsp3) is 0.217. The van der Waals surface area contributed by atoms with E-state index in [1.54, 1.807) is 4.90 Å². The standard InChI is InChI=1S/C23H20ClN5O6S2/c24-19-5-4-18(36-19)21(30)29(13-37(32,33)34)17-6-7-26-16-12-27(22(31)20(16)17)11-14-2-1-3-15(10-14)28-8-9-35-23(28)25/h1-7,10,25H,8-9,11-13H2,(H,32,33,34). The Bertz CT molecular complexity index is 1530. The largest absolute Gasteiger partial charge is 0.463 e. The number of hydrogen-bond acceptors (Lipinski definition) is 8. The number of carbonyl (C=O) groups is 2. The van der Waals surface area contributed by atoms with Gasteiger partial charge in [0.2, 0.25) is 0 Å². The Balaban J connectivity index is 1.45. The smallest absolute Gasteiger partial charge is 0.289 e. The minimum absolute atomic E-state index is 0.0288. The third-order valence-corrected chi connectivity index (χ3v) is 7.66. The van der Waals surface area contributed by atoms with Gasteiger partial charge in [-0.05, 0) is 35.9 Å². The van der Waals surface area contributed by atoms with E-state index in [9.17, 15) is 22.6 Å². The van der Waals surface area contributed by atoms with E-state index in [2.05, 4.69) is 4.98 Å². The molecule has 2 aliphatic heterocycles. The highest BCUT2D eigenvalue weighted by Gasteiger charge is 2.36. The van der Waals surface area contributed by atoms with Crippen LogP contribution in [0.3, 0.4) is 0 Å². The van der Waals surface area contributed by atoms with Gasteiger partial charge >= 0.3 is 0 Å². The lowest BCUT2D eigenvalue weighted by Gasteiger charge is -2.23. The number of carbonyl (C=O) groups excluding carboxylic acids is 2. The number of ether oxygens (including phenoxy) is 1. The van der Waals surface area contributed by atoms with Crippen LogP contribution in [0.5, 0.6) is 0 Å². The van der Waals surface area contributed by atoms with Crippen molar-refractivity contribution in [3.8, 4) is 0 Å². The molecule has 0 spiro atoms. The highest BCUT2D eigenvalue weighted by Crippen LogP contribution is 2.34. The average molecular weight is 562 g/mol. The predicted octanol–water partition coefficient (Wildman–Crippen LogP) is 3.22. The summed E-state index contributed by atoms with van der Waals surface area (Å²) in [6.07, 6.45) is 1.39. The molecule has 0 saturated carbocycles. The topological polar surface area (TPSA) is 144 Å². The van der Waals surface area contributed by atoms with E-state index in [1.807, 2.05) is 24.3 Å². The highest BCUT2D eigenvalue weighted by atomic mass is 35.5. The molecule has 11 nitrogen and oxygen atoms in total. The maximum absolute atomic E-state index is 13.5. The molecular weight excluding hydrogens is 542 g/mol. The van der Waals surface area contributed by atoms with Crippen LogP contribution in [0.2, 0.25) is 4.34 Å². The lowest BCUT2D eigenvalue weighted by Crippen LogP contribution is -2.36. The van der Waals surface area contributed by atoms with Gasteiger partial charge in [-0.1, -0.05) is 23.7 Å². The summed E-state index contributed by atoms with van der Waals surface area (Å²) in [4.78, 5) is 35.3. The third-order valence-electron chi connectivity index (χ3n) is 5.86. The molecule has 1 aromatic carbocycles. The van der Waals surface area contributed by atoms with Crippen molar-refractivity contribution in [3.05, 3.63) is 74.7 Å². The number of aromatic nitrogens is 1. The van der Waals surface area contributed by atoms with Crippen molar-refractivity contribution in [1.29, 1.82) is 5.41 Å². The van der Waals surface area contributed by atoms with Crippen molar-refractivity contribution in [1.82, 2.24) is 9.88 Å². The molecule has 14 heteroatoms. The first-order chi connectivity index (χ1) is 17.6. The second kappa shape index (κ2) is 9.74. The van der Waals surface area contributed by atoms with Crippen molar-refractivity contribution in [3.63, 3.8) is 0 Å². The van der Waals surface area contributed by atoms with Crippen molar-refractivity contribution in [2.75, 3.05) is 28.8 Å². The SMILES string of the molecule is N=C1OCCN1c1cccc(CN2Cc3nccc(N(CS(=O)(=O)O)C(=O)c4ccc(Cl)s4)c3C2=O)c1. The summed E-state index contributed by atoms with van der Waals surface area (Å²) >= 11 is 6.90. The normalized spacial score (nSPS) is 15.2. The molecular formula is C23H20ClN5O6S2. The van der Waals surface area contributed by atoms with Gasteiger partial charge in [-0.2, -0.15) is 8.42 Å². The minimum atomic E-state index is -4.63. The Morgan fingerprint density at radius 2 is 2.08 bits per heavy atom. The molecule has 37 heavy (non-hydrogen) atoms. The lowest BCUT2D eigenvalue weighted by molar-refractivity contribution is 0.0766. The third kappa shape index (κ3) is 5.16. The second-order valence-corrected chi connectivity index (χ2v) is 11.5. The van der Waals surface area contributed by atoms with Crippen molar-refractivity contribution >= 4 is 62.3 Å². The number of nitrogens with zero attached hydrogens (tertiary/aromatic N) is 4. The summed E-state index contributed by atoms with van der Waals surface area (Å²) in [6.45, 7) is 1.34. The average Bonchev–Trinajstić information content (AvgIpc) is 3.56. The highest BCUT2D eigenvalue weighted by molar-refractivity contribution is 7.85. The summed E-state index contributed by atoms with van der Waals surface area (Å²) in [5, 5.41) is 7.91. The van der Waals surface area contributed by atoms with Gasteiger partial charge in [-0.15, -0.1) is 11.3 Å². The number of benzene rings is 1. The van der Waals surface area contributed by atoms with Crippen LogP contribution in [0.15, 0.2) is 48.7 Å². The number of anilines is 2. The predicted molar refractivity (Wildman–Crippen MR) is 138 cm³/mol. The zero-order valence-electron chi connectivity index (χ0n) is 19.1. The molecule has 0 bridgehead atoms. The molecule has 192 valence electrons. The van der Waals surface area contributed by atoms with E-state index >= 15 is 0 Å². The van der Waals surface area contributed by atoms with Crippen LogP contribution in [0, 0.1) is 5.41 Å². The van der Waals surface area contributed by atoms with E-state index < -0.39 is 27.8 Å². The molecule has 3 aromatic rings. The number of rotatable bonds is 7. The van der Waals surface area contributed by atoms with E-state index in [1.165, 1.54) is 29.3 Å². The molecule has 1 fully saturated rings. The molecule has 2 N–H and O–H groups in total. The zero-order valence-corrected chi connectivity index (χ0v) is 21.5. The second-order valence-electron chi connectivity index (χ2n) is 8.34. The molecule has 0 atom stereocenters. The van der Waals surface area contributed by atoms with Crippen molar-refractivity contribution < 1.29 is 27.3 Å². The Hall–Kier alpha value is -3.52. The van der Waals surface area contributed by atoms with E-state index in [0.717, 1.165) is 27.5 Å². The molecule has 4 heterocycles. The molecule has 0 aliphatic carbocycles. The number of nitrogens with one attached hydrogen (secondary N) is 1. The Morgan fingerprint density at radius 1 is 1.27 bits per heavy atom. The van der Waals surface area contributed by atoms with Crippen LogP contribution in [-0.2, 0) is 27.9 Å². The zero-order chi connectivity index (χ0) is 26.3. The molecule has 1 saturated heterocycles. The molecule has 0 radical (unpaired) electrons. The number of hydrogen-bond donors (Lipinski definition) is 2. The van der Waals surface area contributed by atoms with Crippen LogP contribution in [0.1, 0.15) is 31.3 Å². The molecule has 2 amide bonds. The molecule has 2 aromatic heterocycles. The monoisotopic (exact) mass is 561 g/mol. The Kier molecular flexibility index (Phi) is 6.62. The van der Waals surface area contributed by atoms with Crippen LogP contribution in [0.25, 0.3) is 0 Å². The molecule has 0 unspecified atom stereocenters. The van der Waals surface area contributed by atoms with Gasteiger partial charge in [0.15, 0.2) is 5.88 Å². The number of amides is 2. The summed E-state index contributed by atoms with van der Waals surface area (Å²) in [7, 11) is -4.63. The van der Waals surface area contributed by atoms with Gasteiger partial charge in [0, 0.05) is 18.4 Å². The van der Waals surface area contributed by atoms with Crippen molar-refractivity contribution in [2.24, 2.45) is 0 Å². The number of thiophene rings is 1. The van der Waals surface area contributed by atoms with Gasteiger partial charge in [0.1, 0.15) is 6.61 Å². The van der Waals surface area contributed by atoms with E-state index in [4.69, 9.17) is 21.7 Å². The maximum atomic E-state index is 13.5. The van der Waals surface area contributed by atoms with Crippen LogP contribution in [-0.4, -0.2) is 59.7 Å². The van der Waals surface area contributed by atoms with Gasteiger partial charge in [-0.25, -0.2) is 0 Å². The van der Waals surface area contributed by atoms with Crippen LogP contribution >= 0.6 is 22.9 Å². The quantitative estimate of drug-likeness (QED) is 0.418. The fourth-order valence-corrected chi connectivity index (χ4v) is 5.85. The lowest BCUT2D eigenvalue weighted by atomic mass is 10.1. The van der Waals surface area contributed by atoms with Gasteiger partial charge in [0.25, 0.3) is 28.0 Å². The summed E-state index contributed by atoms with van der Waals surface area (Å²) in [6, 6.07) is 11.8. The minimum Gasteiger partial charge on any atom is -0.463 e. The number of fused-ring (bicyclic) bond motifs is 1. The van der Waals surface area contributed by atoms with Gasteiger partial charge in [0.05, 0.1) is 39.2 Å². The maximum Gasteiger partial charge on any atom is 0.289 e. The van der Waals surface area contributed by atoms with Crippen LogP contribution in [0.4, 0.5) is 11.4 Å². The van der Waals surface area contributed by atoms with Gasteiger partial charge in [-0.3, -0.25) is 34.3 Å². The summed E-state index contributed by atoms with van der Waals surface area (Å²) < 4.78 is 38.7.